The number of aromatic nitrogens is 2. The van der Waals surface area contributed by atoms with E-state index in [-0.39, 0.29) is 5.92 Å². The number of rotatable bonds is 7. The Labute approximate surface area is 129 Å². The molecule has 0 aromatic carbocycles. The number of carboxylic acids is 1. The van der Waals surface area contributed by atoms with Crippen LogP contribution in [0.1, 0.15) is 38.5 Å². The third-order valence-corrected chi connectivity index (χ3v) is 5.39. The zero-order valence-corrected chi connectivity index (χ0v) is 12.8. The van der Waals surface area contributed by atoms with Crippen LogP contribution in [0.3, 0.4) is 0 Å². The lowest BCUT2D eigenvalue weighted by Gasteiger charge is -2.32. The highest BCUT2D eigenvalue weighted by Gasteiger charge is 2.50. The predicted octanol–water partition coefficient (Wildman–Crippen LogP) is 2.33. The van der Waals surface area contributed by atoms with Crippen LogP contribution in [0.2, 0.25) is 0 Å². The average Bonchev–Trinajstić information content (AvgIpc) is 3.20. The maximum Gasteiger partial charge on any atom is 0.324 e. The first-order valence-corrected chi connectivity index (χ1v) is 8.60. The van der Waals surface area contributed by atoms with Crippen molar-refractivity contribution in [3.05, 3.63) is 18.5 Å². The van der Waals surface area contributed by atoms with Gasteiger partial charge in [0, 0.05) is 24.2 Å². The molecule has 21 heavy (non-hydrogen) atoms. The van der Waals surface area contributed by atoms with Crippen LogP contribution in [-0.4, -0.2) is 38.4 Å². The average molecular weight is 307 g/mol. The van der Waals surface area contributed by atoms with E-state index in [1.807, 2.05) is 0 Å². The molecule has 0 radical (unpaired) electrons. The van der Waals surface area contributed by atoms with Crippen LogP contribution in [-0.2, 0) is 4.79 Å². The molecule has 0 aliphatic heterocycles. The maximum atomic E-state index is 11.8. The zero-order valence-electron chi connectivity index (χ0n) is 12.0. The van der Waals surface area contributed by atoms with Crippen molar-refractivity contribution >= 4 is 17.7 Å². The van der Waals surface area contributed by atoms with Crippen LogP contribution in [0, 0.1) is 5.92 Å². The van der Waals surface area contributed by atoms with Crippen LogP contribution in [0.25, 0.3) is 0 Å². The second-order valence-corrected chi connectivity index (χ2v) is 7.01. The smallest absolute Gasteiger partial charge is 0.324 e. The van der Waals surface area contributed by atoms with Gasteiger partial charge in [-0.05, 0) is 44.1 Å². The van der Waals surface area contributed by atoms with Crippen molar-refractivity contribution in [2.45, 2.75) is 55.3 Å². The van der Waals surface area contributed by atoms with E-state index in [0.717, 1.165) is 49.4 Å². The maximum absolute atomic E-state index is 11.8. The van der Waals surface area contributed by atoms with Gasteiger partial charge in [-0.25, -0.2) is 9.97 Å². The first-order chi connectivity index (χ1) is 10.2. The van der Waals surface area contributed by atoms with E-state index in [1.165, 1.54) is 0 Å². The van der Waals surface area contributed by atoms with Gasteiger partial charge in [-0.2, -0.15) is 0 Å². The van der Waals surface area contributed by atoms with Crippen molar-refractivity contribution in [3.63, 3.8) is 0 Å². The Morgan fingerprint density at radius 1 is 1.38 bits per heavy atom. The Morgan fingerprint density at radius 3 is 2.81 bits per heavy atom. The molecule has 2 aliphatic rings. The summed E-state index contributed by atoms with van der Waals surface area (Å²) < 4.78 is 0. The molecule has 6 heteroatoms. The minimum Gasteiger partial charge on any atom is -0.480 e. The van der Waals surface area contributed by atoms with Gasteiger partial charge in [0.05, 0.1) is 0 Å². The summed E-state index contributed by atoms with van der Waals surface area (Å²) in [6.45, 7) is 0. The van der Waals surface area contributed by atoms with E-state index >= 15 is 0 Å². The predicted molar refractivity (Wildman–Crippen MR) is 81.2 cm³/mol. The largest absolute Gasteiger partial charge is 0.480 e. The molecule has 1 aromatic rings. The Morgan fingerprint density at radius 2 is 2.14 bits per heavy atom. The molecule has 1 aromatic heterocycles. The van der Waals surface area contributed by atoms with Crippen molar-refractivity contribution < 1.29 is 9.90 Å². The Balaban J connectivity index is 1.58. The number of carboxylic acid groups (broad SMARTS) is 1. The van der Waals surface area contributed by atoms with Crippen LogP contribution in [0.5, 0.6) is 0 Å². The summed E-state index contributed by atoms with van der Waals surface area (Å²) in [5.74, 6) is 0.417. The molecular weight excluding hydrogens is 286 g/mol. The molecule has 0 saturated heterocycles. The van der Waals surface area contributed by atoms with Gasteiger partial charge in [0.15, 0.2) is 5.16 Å². The molecule has 5 nitrogen and oxygen atoms in total. The van der Waals surface area contributed by atoms with Gasteiger partial charge < -0.3 is 5.11 Å². The topological polar surface area (TPSA) is 75.1 Å². The Bertz CT molecular complexity index is 495. The molecule has 2 aliphatic carbocycles. The van der Waals surface area contributed by atoms with Gasteiger partial charge in [-0.1, -0.05) is 18.2 Å². The van der Waals surface area contributed by atoms with E-state index in [9.17, 15) is 9.90 Å². The second kappa shape index (κ2) is 6.32. The summed E-state index contributed by atoms with van der Waals surface area (Å²) >= 11 is 1.61. The number of nitrogens with one attached hydrogen (secondary N) is 1. The fraction of sp³-hybridized carbons (Fsp3) is 0.667. The molecule has 1 heterocycles. The van der Waals surface area contributed by atoms with Gasteiger partial charge in [-0.3, -0.25) is 10.1 Å². The normalized spacial score (nSPS) is 28.7. The molecule has 2 fully saturated rings. The lowest BCUT2D eigenvalue weighted by molar-refractivity contribution is -0.146. The van der Waals surface area contributed by atoms with E-state index in [2.05, 4.69) is 15.3 Å². The lowest BCUT2D eigenvalue weighted by Crippen LogP contribution is -2.55. The fourth-order valence-electron chi connectivity index (χ4n) is 3.25. The van der Waals surface area contributed by atoms with Gasteiger partial charge >= 0.3 is 5.97 Å². The Kier molecular flexibility index (Phi) is 4.45. The summed E-state index contributed by atoms with van der Waals surface area (Å²) in [6, 6.07) is 2.22. The number of thioether (sulfide) groups is 1. The fourth-order valence-corrected chi connectivity index (χ4v) is 4.10. The lowest BCUT2D eigenvalue weighted by atomic mass is 9.85. The molecule has 3 rings (SSSR count). The first kappa shape index (κ1) is 14.8. The van der Waals surface area contributed by atoms with Gasteiger partial charge in [0.1, 0.15) is 5.54 Å². The second-order valence-electron chi connectivity index (χ2n) is 5.95. The van der Waals surface area contributed by atoms with Crippen LogP contribution < -0.4 is 5.32 Å². The molecule has 2 unspecified atom stereocenters. The van der Waals surface area contributed by atoms with Crippen molar-refractivity contribution in [1.29, 1.82) is 0 Å². The summed E-state index contributed by atoms with van der Waals surface area (Å²) in [5, 5.41) is 13.9. The van der Waals surface area contributed by atoms with Crippen molar-refractivity contribution in [3.8, 4) is 0 Å². The molecule has 0 spiro atoms. The Hall–Kier alpha value is -1.14. The minimum absolute atomic E-state index is 0.215. The SMILES string of the molecule is O=C(O)C1(NC2CC2)CCCC1CCSc1ncccn1. The van der Waals surface area contributed by atoms with Crippen molar-refractivity contribution in [2.24, 2.45) is 5.92 Å². The van der Waals surface area contributed by atoms with Gasteiger partial charge in [-0.15, -0.1) is 0 Å². The number of nitrogens with zero attached hydrogens (tertiary/aromatic N) is 2. The summed E-state index contributed by atoms with van der Waals surface area (Å²) in [5.41, 5.74) is -0.695. The number of carbonyl (C=O) groups is 1. The molecule has 0 bridgehead atoms. The first-order valence-electron chi connectivity index (χ1n) is 7.61. The molecule has 2 N–H and O–H groups in total. The number of aliphatic carboxylic acids is 1. The van der Waals surface area contributed by atoms with Crippen molar-refractivity contribution in [2.75, 3.05) is 5.75 Å². The van der Waals surface area contributed by atoms with Gasteiger partial charge in [0.2, 0.25) is 0 Å². The summed E-state index contributed by atoms with van der Waals surface area (Å²) in [7, 11) is 0. The number of hydrogen-bond acceptors (Lipinski definition) is 5. The van der Waals surface area contributed by atoms with E-state index < -0.39 is 11.5 Å². The third kappa shape index (κ3) is 3.37. The quantitative estimate of drug-likeness (QED) is 0.595. The molecule has 114 valence electrons. The summed E-state index contributed by atoms with van der Waals surface area (Å²) in [4.78, 5) is 20.2. The van der Waals surface area contributed by atoms with Crippen LogP contribution >= 0.6 is 11.8 Å². The van der Waals surface area contributed by atoms with E-state index in [1.54, 1.807) is 30.2 Å². The third-order valence-electron chi connectivity index (χ3n) is 4.48. The van der Waals surface area contributed by atoms with Crippen LogP contribution in [0.4, 0.5) is 0 Å². The van der Waals surface area contributed by atoms with Crippen LogP contribution in [0.15, 0.2) is 23.6 Å². The highest BCUT2D eigenvalue weighted by atomic mass is 32.2. The minimum atomic E-state index is -0.695. The monoisotopic (exact) mass is 307 g/mol. The summed E-state index contributed by atoms with van der Waals surface area (Å²) in [6.07, 6.45) is 9.38. The zero-order chi connectivity index (χ0) is 14.7. The molecular formula is C15H21N3O2S. The van der Waals surface area contributed by atoms with Gasteiger partial charge in [0.25, 0.3) is 0 Å². The molecule has 2 atom stereocenters. The standard InChI is InChI=1S/C15H21N3O2S/c19-13(20)15(18-12-4-5-12)7-1-3-11(15)6-10-21-14-16-8-2-9-17-14/h2,8-9,11-12,18H,1,3-7,10H2,(H,19,20). The van der Waals surface area contributed by atoms with E-state index in [4.69, 9.17) is 0 Å². The molecule has 2 saturated carbocycles. The highest BCUT2D eigenvalue weighted by Crippen LogP contribution is 2.41. The molecule has 0 amide bonds. The number of hydrogen-bond donors (Lipinski definition) is 2. The van der Waals surface area contributed by atoms with E-state index in [0.29, 0.717) is 6.04 Å². The highest BCUT2D eigenvalue weighted by molar-refractivity contribution is 7.99. The van der Waals surface area contributed by atoms with Crippen molar-refractivity contribution in [1.82, 2.24) is 15.3 Å².